The van der Waals surface area contributed by atoms with Crippen molar-refractivity contribution in [3.05, 3.63) is 65.7 Å². The van der Waals surface area contributed by atoms with Crippen LogP contribution in [0, 0.1) is 5.92 Å². The average Bonchev–Trinajstić information content (AvgIpc) is 2.79. The summed E-state index contributed by atoms with van der Waals surface area (Å²) in [4.78, 5) is 37.9. The third-order valence-electron chi connectivity index (χ3n) is 5.32. The summed E-state index contributed by atoms with van der Waals surface area (Å²) in [5.41, 5.74) is 1.25. The minimum Gasteiger partial charge on any atom is -0.508 e. The summed E-state index contributed by atoms with van der Waals surface area (Å²) in [6.07, 6.45) is 1.52. The summed E-state index contributed by atoms with van der Waals surface area (Å²) in [5.74, 6) is -1.70. The molecule has 2 rings (SSSR count). The van der Waals surface area contributed by atoms with Gasteiger partial charge in [0.05, 0.1) is 6.04 Å². The van der Waals surface area contributed by atoms with Crippen molar-refractivity contribution in [3.8, 4) is 5.75 Å². The highest BCUT2D eigenvalue weighted by atomic mass is 16.3. The number of hydrogen-bond acceptors (Lipinski definition) is 5. The molecule has 2 aromatic carbocycles. The molecule has 0 aromatic heterocycles. The summed E-state index contributed by atoms with van der Waals surface area (Å²) in [5, 5.41) is 24.4. The number of Topliss-reactive ketones (excluding diaryl/α,β-unsaturated/α-hetero) is 1. The number of carbonyl (C=O) groups excluding carboxylic acids is 3. The Bertz CT molecular complexity index is 885. The van der Waals surface area contributed by atoms with Crippen LogP contribution in [0.2, 0.25) is 0 Å². The van der Waals surface area contributed by atoms with Crippen molar-refractivity contribution >= 4 is 17.6 Å². The van der Waals surface area contributed by atoms with Gasteiger partial charge in [-0.15, -0.1) is 0 Å². The molecule has 0 bridgehead atoms. The molecule has 0 aliphatic carbocycles. The van der Waals surface area contributed by atoms with E-state index in [0.717, 1.165) is 5.56 Å². The van der Waals surface area contributed by atoms with Gasteiger partial charge in [-0.2, -0.15) is 0 Å². The first-order valence-electron chi connectivity index (χ1n) is 10.4. The molecule has 31 heavy (non-hydrogen) atoms. The number of aromatic hydroxyl groups is 1. The van der Waals surface area contributed by atoms with Gasteiger partial charge < -0.3 is 20.8 Å². The van der Waals surface area contributed by atoms with Crippen LogP contribution in [0.15, 0.2) is 54.6 Å². The Morgan fingerprint density at radius 1 is 1.00 bits per heavy atom. The van der Waals surface area contributed by atoms with Crippen LogP contribution < -0.4 is 10.6 Å². The van der Waals surface area contributed by atoms with E-state index < -0.39 is 36.3 Å². The quantitative estimate of drug-likeness (QED) is 0.440. The van der Waals surface area contributed by atoms with Gasteiger partial charge in [-0.1, -0.05) is 56.7 Å². The molecular formula is C24H30N2O5. The number of hydrogen-bond donors (Lipinski definition) is 4. The number of ketones is 1. The van der Waals surface area contributed by atoms with Crippen molar-refractivity contribution in [2.75, 3.05) is 6.61 Å². The number of phenolic OH excluding ortho intramolecular Hbond substituents is 1. The van der Waals surface area contributed by atoms with E-state index in [9.17, 15) is 24.6 Å². The molecular weight excluding hydrogens is 396 g/mol. The summed E-state index contributed by atoms with van der Waals surface area (Å²) >= 11 is 0. The van der Waals surface area contributed by atoms with Crippen LogP contribution in [-0.4, -0.2) is 46.5 Å². The zero-order chi connectivity index (χ0) is 22.8. The maximum absolute atomic E-state index is 13.0. The average molecular weight is 427 g/mol. The first-order valence-corrected chi connectivity index (χ1v) is 10.4. The molecule has 2 amide bonds. The van der Waals surface area contributed by atoms with Crippen molar-refractivity contribution < 1.29 is 24.6 Å². The Morgan fingerprint density at radius 3 is 2.32 bits per heavy atom. The summed E-state index contributed by atoms with van der Waals surface area (Å²) in [7, 11) is 0. The lowest BCUT2D eigenvalue weighted by Gasteiger charge is -2.26. The van der Waals surface area contributed by atoms with Crippen LogP contribution in [-0.2, 0) is 16.0 Å². The van der Waals surface area contributed by atoms with Gasteiger partial charge in [-0.05, 0) is 42.5 Å². The summed E-state index contributed by atoms with van der Waals surface area (Å²) in [6, 6.07) is 13.7. The second kappa shape index (κ2) is 11.9. The van der Waals surface area contributed by atoms with Crippen molar-refractivity contribution in [1.29, 1.82) is 0 Å². The predicted molar refractivity (Wildman–Crippen MR) is 118 cm³/mol. The number of nitrogens with one attached hydrogen (secondary N) is 2. The highest BCUT2D eigenvalue weighted by molar-refractivity contribution is 5.99. The molecule has 0 radical (unpaired) electrons. The lowest BCUT2D eigenvalue weighted by Crippen LogP contribution is -2.54. The van der Waals surface area contributed by atoms with Crippen LogP contribution in [0.1, 0.15) is 42.6 Å². The molecule has 3 atom stereocenters. The van der Waals surface area contributed by atoms with E-state index in [0.29, 0.717) is 19.3 Å². The topological polar surface area (TPSA) is 116 Å². The fraction of sp³-hybridized carbons (Fsp3) is 0.375. The Kier molecular flexibility index (Phi) is 9.21. The number of carbonyl (C=O) groups is 3. The Labute approximate surface area is 182 Å². The highest BCUT2D eigenvalue weighted by Gasteiger charge is 2.29. The van der Waals surface area contributed by atoms with Crippen LogP contribution in [0.3, 0.4) is 0 Å². The molecule has 0 spiro atoms. The van der Waals surface area contributed by atoms with Gasteiger partial charge in [0.25, 0.3) is 5.91 Å². The van der Waals surface area contributed by atoms with Crippen LogP contribution in [0.4, 0.5) is 0 Å². The molecule has 166 valence electrons. The van der Waals surface area contributed by atoms with E-state index in [1.54, 1.807) is 12.1 Å². The van der Waals surface area contributed by atoms with Crippen molar-refractivity contribution in [3.63, 3.8) is 0 Å². The Balaban J connectivity index is 2.11. The van der Waals surface area contributed by atoms with E-state index in [4.69, 9.17) is 0 Å². The number of rotatable bonds is 11. The maximum atomic E-state index is 13.0. The molecule has 0 saturated carbocycles. The normalized spacial score (nSPS) is 13.6. The van der Waals surface area contributed by atoms with Crippen molar-refractivity contribution in [1.82, 2.24) is 10.6 Å². The van der Waals surface area contributed by atoms with Crippen LogP contribution in [0.5, 0.6) is 5.75 Å². The fourth-order valence-electron chi connectivity index (χ4n) is 3.21. The van der Waals surface area contributed by atoms with Gasteiger partial charge in [-0.3, -0.25) is 14.4 Å². The van der Waals surface area contributed by atoms with E-state index in [2.05, 4.69) is 10.6 Å². The molecule has 0 saturated heterocycles. The zero-order valence-electron chi connectivity index (χ0n) is 17.9. The Hall–Kier alpha value is -3.19. The smallest absolute Gasteiger partial charge is 0.252 e. The van der Waals surface area contributed by atoms with Gasteiger partial charge >= 0.3 is 0 Å². The van der Waals surface area contributed by atoms with Crippen molar-refractivity contribution in [2.24, 2.45) is 5.92 Å². The van der Waals surface area contributed by atoms with E-state index in [1.165, 1.54) is 12.1 Å². The predicted octanol–water partition coefficient (Wildman–Crippen LogP) is 2.22. The fourth-order valence-corrected chi connectivity index (χ4v) is 3.21. The Morgan fingerprint density at radius 2 is 1.71 bits per heavy atom. The summed E-state index contributed by atoms with van der Waals surface area (Å²) < 4.78 is 0. The third-order valence-corrected chi connectivity index (χ3v) is 5.32. The van der Waals surface area contributed by atoms with E-state index >= 15 is 0 Å². The number of aliphatic hydroxyl groups is 1. The number of aliphatic hydroxyl groups excluding tert-OH is 1. The molecule has 7 heteroatoms. The second-order valence-corrected chi connectivity index (χ2v) is 7.60. The standard InChI is InChI=1S/C24H30N2O5/c1-3-16(2)22(26-23(30)18-10-7-11-19(28)14-18)24(31)25-20(21(29)15-27)13-12-17-8-5-4-6-9-17/h4-11,14,16,20,22,27-28H,3,12-13,15H2,1-2H3,(H,25,31)(H,26,30)/t16-,20-,22-/m0/s1. The number of aryl methyl sites for hydroxylation is 1. The molecule has 0 heterocycles. The minimum absolute atomic E-state index is 0.0493. The largest absolute Gasteiger partial charge is 0.508 e. The molecule has 7 nitrogen and oxygen atoms in total. The maximum Gasteiger partial charge on any atom is 0.252 e. The van der Waals surface area contributed by atoms with E-state index in [-0.39, 0.29) is 17.2 Å². The van der Waals surface area contributed by atoms with E-state index in [1.807, 2.05) is 44.2 Å². The molecule has 0 unspecified atom stereocenters. The number of benzene rings is 2. The molecule has 0 fully saturated rings. The van der Waals surface area contributed by atoms with Gasteiger partial charge in [0.1, 0.15) is 18.4 Å². The monoisotopic (exact) mass is 426 g/mol. The molecule has 2 aromatic rings. The molecule has 4 N–H and O–H groups in total. The SMILES string of the molecule is CC[C@H](C)[C@H](NC(=O)c1cccc(O)c1)C(=O)N[C@@H](CCc1ccccc1)C(=O)CO. The molecule has 0 aliphatic heterocycles. The van der Waals surface area contributed by atoms with Crippen molar-refractivity contribution in [2.45, 2.75) is 45.2 Å². The molecule has 0 aliphatic rings. The van der Waals surface area contributed by atoms with Crippen LogP contribution >= 0.6 is 0 Å². The van der Waals surface area contributed by atoms with Gasteiger partial charge in [-0.25, -0.2) is 0 Å². The minimum atomic E-state index is -0.870. The highest BCUT2D eigenvalue weighted by Crippen LogP contribution is 2.14. The lowest BCUT2D eigenvalue weighted by molar-refractivity contribution is -0.131. The third kappa shape index (κ3) is 7.22. The first-order chi connectivity index (χ1) is 14.8. The van der Waals surface area contributed by atoms with Gasteiger partial charge in [0.2, 0.25) is 5.91 Å². The second-order valence-electron chi connectivity index (χ2n) is 7.60. The van der Waals surface area contributed by atoms with Crippen LogP contribution in [0.25, 0.3) is 0 Å². The van der Waals surface area contributed by atoms with Gasteiger partial charge in [0.15, 0.2) is 5.78 Å². The lowest BCUT2D eigenvalue weighted by atomic mass is 9.96. The number of phenols is 1. The summed E-state index contributed by atoms with van der Waals surface area (Å²) in [6.45, 7) is 3.06. The number of amides is 2. The zero-order valence-corrected chi connectivity index (χ0v) is 17.9. The first kappa shape index (κ1) is 24.1. The van der Waals surface area contributed by atoms with Gasteiger partial charge in [0, 0.05) is 5.56 Å².